The molecule has 126 valence electrons. The van der Waals surface area contributed by atoms with Crippen LogP contribution in [0.3, 0.4) is 0 Å². The van der Waals surface area contributed by atoms with Crippen molar-refractivity contribution < 1.29 is 4.79 Å². The van der Waals surface area contributed by atoms with E-state index in [1.807, 2.05) is 21.6 Å². The summed E-state index contributed by atoms with van der Waals surface area (Å²) in [5.74, 6) is 2.94. The van der Waals surface area contributed by atoms with Crippen LogP contribution in [-0.4, -0.2) is 58.0 Å². The van der Waals surface area contributed by atoms with Gasteiger partial charge in [0.1, 0.15) is 5.82 Å². The van der Waals surface area contributed by atoms with Crippen molar-refractivity contribution in [1.82, 2.24) is 14.5 Å². The van der Waals surface area contributed by atoms with Crippen molar-refractivity contribution in [3.8, 4) is 0 Å². The van der Waals surface area contributed by atoms with Gasteiger partial charge >= 0.3 is 5.69 Å². The van der Waals surface area contributed by atoms with Crippen LogP contribution in [0.25, 0.3) is 0 Å². The molecule has 1 aromatic rings. The summed E-state index contributed by atoms with van der Waals surface area (Å²) in [7, 11) is 1.45. The lowest BCUT2D eigenvalue weighted by Gasteiger charge is -2.36. The van der Waals surface area contributed by atoms with Gasteiger partial charge in [-0.15, -0.1) is 0 Å². The van der Waals surface area contributed by atoms with E-state index in [1.165, 1.54) is 13.1 Å². The van der Waals surface area contributed by atoms with Gasteiger partial charge in [0.05, 0.1) is 0 Å². The zero-order valence-corrected chi connectivity index (χ0v) is 14.1. The van der Waals surface area contributed by atoms with Gasteiger partial charge in [-0.2, -0.15) is 11.8 Å². The molecule has 3 rings (SSSR count). The first-order chi connectivity index (χ1) is 11.1. The van der Waals surface area contributed by atoms with Crippen LogP contribution in [0, 0.1) is 5.92 Å². The van der Waals surface area contributed by atoms with Crippen molar-refractivity contribution in [2.75, 3.05) is 42.6 Å². The summed E-state index contributed by atoms with van der Waals surface area (Å²) >= 11 is 1.90. The van der Waals surface area contributed by atoms with E-state index in [0.29, 0.717) is 18.9 Å². The van der Waals surface area contributed by atoms with Gasteiger partial charge in [0.25, 0.3) is 5.56 Å². The highest BCUT2D eigenvalue weighted by Gasteiger charge is 2.29. The summed E-state index contributed by atoms with van der Waals surface area (Å²) in [6.07, 6.45) is 1.53. The van der Waals surface area contributed by atoms with Crippen LogP contribution >= 0.6 is 11.8 Å². The number of nitrogens with one attached hydrogen (secondary N) is 1. The van der Waals surface area contributed by atoms with E-state index >= 15 is 0 Å². The van der Waals surface area contributed by atoms with E-state index in [1.54, 1.807) is 0 Å². The first kappa shape index (κ1) is 16.2. The fourth-order valence-electron chi connectivity index (χ4n) is 3.12. The van der Waals surface area contributed by atoms with Crippen LogP contribution < -0.4 is 16.1 Å². The van der Waals surface area contributed by atoms with Crippen LogP contribution in [0.4, 0.5) is 5.82 Å². The second kappa shape index (κ2) is 6.82. The maximum atomic E-state index is 12.5. The lowest BCUT2D eigenvalue weighted by molar-refractivity contribution is -0.135. The highest BCUT2D eigenvalue weighted by atomic mass is 32.2. The van der Waals surface area contributed by atoms with Gasteiger partial charge in [-0.25, -0.2) is 4.79 Å². The largest absolute Gasteiger partial charge is 0.358 e. The van der Waals surface area contributed by atoms with Gasteiger partial charge < -0.3 is 9.80 Å². The molecule has 23 heavy (non-hydrogen) atoms. The van der Waals surface area contributed by atoms with Crippen molar-refractivity contribution in [3.05, 3.63) is 26.9 Å². The molecular formula is C15H22N4O3S. The maximum absolute atomic E-state index is 12.5. The number of piperidine rings is 1. The number of amides is 1. The summed E-state index contributed by atoms with van der Waals surface area (Å²) in [4.78, 5) is 42.7. The third kappa shape index (κ3) is 3.46. The first-order valence-electron chi connectivity index (χ1n) is 7.98. The molecule has 0 aliphatic carbocycles. The van der Waals surface area contributed by atoms with Gasteiger partial charge in [0.2, 0.25) is 5.91 Å². The van der Waals surface area contributed by atoms with E-state index in [9.17, 15) is 14.4 Å². The molecule has 2 fully saturated rings. The van der Waals surface area contributed by atoms with Crippen molar-refractivity contribution in [2.24, 2.45) is 13.0 Å². The molecule has 1 aromatic heterocycles. The molecule has 0 aromatic carbocycles. The van der Waals surface area contributed by atoms with Gasteiger partial charge in [-0.3, -0.25) is 19.1 Å². The monoisotopic (exact) mass is 338 g/mol. The summed E-state index contributed by atoms with van der Waals surface area (Å²) in [6, 6.07) is 1.45. The smallest absolute Gasteiger partial charge is 0.329 e. The summed E-state index contributed by atoms with van der Waals surface area (Å²) in [6.45, 7) is 3.07. The van der Waals surface area contributed by atoms with Crippen LogP contribution in [0.15, 0.2) is 15.7 Å². The number of aromatic amines is 1. The highest BCUT2D eigenvalue weighted by molar-refractivity contribution is 7.99. The molecule has 0 radical (unpaired) electrons. The van der Waals surface area contributed by atoms with Crippen molar-refractivity contribution >= 4 is 23.5 Å². The normalized spacial score (nSPS) is 19.9. The molecule has 8 heteroatoms. The number of thioether (sulfide) groups is 1. The van der Waals surface area contributed by atoms with Crippen molar-refractivity contribution in [2.45, 2.75) is 12.8 Å². The molecule has 2 aliphatic rings. The summed E-state index contributed by atoms with van der Waals surface area (Å²) in [5.41, 5.74) is -0.718. The Kier molecular flexibility index (Phi) is 4.79. The van der Waals surface area contributed by atoms with Gasteiger partial charge in [-0.05, 0) is 12.8 Å². The van der Waals surface area contributed by atoms with Crippen LogP contribution in [-0.2, 0) is 11.8 Å². The van der Waals surface area contributed by atoms with Crippen LogP contribution in [0.2, 0.25) is 0 Å². The van der Waals surface area contributed by atoms with Gasteiger partial charge in [0.15, 0.2) is 0 Å². The van der Waals surface area contributed by atoms with Gasteiger partial charge in [0, 0.05) is 56.7 Å². The molecule has 2 aliphatic heterocycles. The fourth-order valence-corrected chi connectivity index (χ4v) is 4.03. The summed E-state index contributed by atoms with van der Waals surface area (Å²) < 4.78 is 1.05. The molecule has 2 saturated heterocycles. The summed E-state index contributed by atoms with van der Waals surface area (Å²) in [5, 5.41) is 0. The molecule has 1 amide bonds. The number of anilines is 1. The molecule has 0 unspecified atom stereocenters. The SMILES string of the molecule is Cn1c(=O)cc(N2CCC(C(=O)N3CCSCC3)CC2)[nH]c1=O. The van der Waals surface area contributed by atoms with Crippen molar-refractivity contribution in [1.29, 1.82) is 0 Å². The Labute approximate surface area is 138 Å². The minimum atomic E-state index is -0.406. The Morgan fingerprint density at radius 3 is 2.43 bits per heavy atom. The number of nitrogens with zero attached hydrogens (tertiary/aromatic N) is 3. The average Bonchev–Trinajstić information content (AvgIpc) is 2.59. The number of hydrogen-bond acceptors (Lipinski definition) is 5. The number of H-pyrrole nitrogens is 1. The van der Waals surface area contributed by atoms with E-state index in [-0.39, 0.29) is 17.4 Å². The predicted octanol–water partition coefficient (Wildman–Crippen LogP) is -0.135. The number of aromatic nitrogens is 2. The topological polar surface area (TPSA) is 78.4 Å². The Hall–Kier alpha value is -1.70. The molecule has 0 spiro atoms. The third-order valence-electron chi connectivity index (χ3n) is 4.64. The number of carbonyl (C=O) groups excluding carboxylic acids is 1. The minimum absolute atomic E-state index is 0.0626. The number of carbonyl (C=O) groups is 1. The van der Waals surface area contributed by atoms with Gasteiger partial charge in [-0.1, -0.05) is 0 Å². The Bertz CT molecular complexity index is 653. The Morgan fingerprint density at radius 1 is 1.17 bits per heavy atom. The molecule has 0 saturated carbocycles. The first-order valence-corrected chi connectivity index (χ1v) is 9.13. The second-order valence-electron chi connectivity index (χ2n) is 6.06. The lowest BCUT2D eigenvalue weighted by Crippen LogP contribution is -2.46. The second-order valence-corrected chi connectivity index (χ2v) is 7.28. The predicted molar refractivity (Wildman–Crippen MR) is 91.1 cm³/mol. The Balaban J connectivity index is 1.63. The molecule has 7 nitrogen and oxygen atoms in total. The number of rotatable bonds is 2. The van der Waals surface area contributed by atoms with E-state index in [2.05, 4.69) is 4.98 Å². The highest BCUT2D eigenvalue weighted by Crippen LogP contribution is 2.23. The van der Waals surface area contributed by atoms with E-state index in [4.69, 9.17) is 0 Å². The molecule has 0 bridgehead atoms. The molecule has 1 N–H and O–H groups in total. The van der Waals surface area contributed by atoms with E-state index in [0.717, 1.165) is 42.0 Å². The maximum Gasteiger partial charge on any atom is 0.329 e. The van der Waals surface area contributed by atoms with Crippen LogP contribution in [0.1, 0.15) is 12.8 Å². The number of hydrogen-bond donors (Lipinski definition) is 1. The molecule has 0 atom stereocenters. The third-order valence-corrected chi connectivity index (χ3v) is 5.58. The lowest BCUT2D eigenvalue weighted by atomic mass is 9.95. The minimum Gasteiger partial charge on any atom is -0.358 e. The van der Waals surface area contributed by atoms with Crippen molar-refractivity contribution in [3.63, 3.8) is 0 Å². The zero-order valence-electron chi connectivity index (χ0n) is 13.3. The quantitative estimate of drug-likeness (QED) is 0.812. The molecular weight excluding hydrogens is 316 g/mol. The Morgan fingerprint density at radius 2 is 1.83 bits per heavy atom. The van der Waals surface area contributed by atoms with Crippen LogP contribution in [0.5, 0.6) is 0 Å². The average molecular weight is 338 g/mol. The standard InChI is InChI=1S/C15H22N4O3S/c1-17-13(20)10-12(16-15(17)22)18-4-2-11(3-5-18)14(21)19-6-8-23-9-7-19/h10-11H,2-9H2,1H3,(H,16,22). The molecule has 3 heterocycles. The zero-order chi connectivity index (χ0) is 16.4. The van der Waals surface area contributed by atoms with E-state index < -0.39 is 5.69 Å². The fraction of sp³-hybridized carbons (Fsp3) is 0.667.